The first kappa shape index (κ1) is 73.7. The molecule has 0 unspecified atom stereocenters. The van der Waals surface area contributed by atoms with Crippen molar-refractivity contribution in [3.05, 3.63) is 208 Å². The maximum absolute atomic E-state index is 13.5. The van der Waals surface area contributed by atoms with Crippen molar-refractivity contribution in [3.8, 4) is 11.5 Å². The van der Waals surface area contributed by atoms with E-state index in [2.05, 4.69) is 46.0 Å². The Hall–Kier alpha value is -12.0. The van der Waals surface area contributed by atoms with Gasteiger partial charge in [0.2, 0.25) is 5.69 Å². The lowest BCUT2D eigenvalue weighted by Gasteiger charge is -2.09. The van der Waals surface area contributed by atoms with Gasteiger partial charge in [-0.05, 0) is 136 Å². The SMILES string of the molecule is O=C(O)c1ccccc1N=Nc1c(S(=O)(=O)O)cc2ccc(N=Nc3ccc(/C=C/c4ccc(N=[N+]([O-])c5ccc(/C=C/c6ccc(N=Nc7ccc8cc(S(=O)(=O)O)c(N=Nc9ccccc9C(=O)O)c(O)c8c7)cc6S(=O)(=O)O)c(S(=O)(=O)O)c5)cc4S(=O)(=O)O)c(S(=O)(=O)O)c3)cc2c1O. The van der Waals surface area contributed by atoms with Gasteiger partial charge in [-0.1, -0.05) is 83.8 Å². The molecule has 0 saturated carbocycles. The van der Waals surface area contributed by atoms with Gasteiger partial charge in [0, 0.05) is 28.0 Å². The van der Waals surface area contributed by atoms with Gasteiger partial charge in [-0.15, -0.1) is 20.5 Å². The number of rotatable bonds is 22. The van der Waals surface area contributed by atoms with Crippen LogP contribution in [-0.4, -0.2) is 115 Å². The summed E-state index contributed by atoms with van der Waals surface area (Å²) in [5.74, 6) is -4.53. The van der Waals surface area contributed by atoms with Crippen molar-refractivity contribution in [2.45, 2.75) is 29.4 Å². The third kappa shape index (κ3) is 17.1. The smallest absolute Gasteiger partial charge is 0.337 e. The average molecular weight is 1520 g/mol. The molecular formula is C62H42N10O25S6. The molecule has 0 fully saturated rings. The molecule has 0 aliphatic rings. The zero-order valence-electron chi connectivity index (χ0n) is 51.0. The third-order valence-corrected chi connectivity index (χ3v) is 19.8. The number of phenols is 2. The normalized spacial score (nSPS) is 13.1. The van der Waals surface area contributed by atoms with Crippen molar-refractivity contribution in [2.75, 3.05) is 0 Å². The number of carboxylic acid groups (broad SMARTS) is 2. The summed E-state index contributed by atoms with van der Waals surface area (Å²) in [5.41, 5.74) is -5.83. The molecular weight excluding hydrogens is 1480 g/mol. The van der Waals surface area contributed by atoms with Crippen LogP contribution in [0.1, 0.15) is 43.0 Å². The van der Waals surface area contributed by atoms with Crippen molar-refractivity contribution in [1.82, 2.24) is 0 Å². The highest BCUT2D eigenvalue weighted by Gasteiger charge is 2.27. The molecule has 10 N–H and O–H groups in total. The molecule has 0 aromatic heterocycles. The molecule has 0 amide bonds. The van der Waals surface area contributed by atoms with Crippen LogP contribution in [0.3, 0.4) is 0 Å². The standard InChI is InChI=1S/C62H42N10O25S6/c73-59-47-27-39(21-16-37(47)25-55(102(92,93)94)57(59)69-67-49-7-3-1-5-45(49)61(75)76)63-65-41-19-13-33(51(29-41)98(80,81)82)9-10-35-15-23-43(31-53(35)100(86,87)88)71-72(79)44-24-18-36(54(32-44)101(89,90)91)12-11-34-14-20-42(30-52(34)99(83,84)85)66-64-40-22-17-38-26-56(103(95,96)97)58(60(74)48(38)28-40)70-68-50-8-4-2-6-46(50)62(77)78/h1-32,73-74H,(H,75,76)(H,77,78)(H,80,81,82)(H,83,84,85)(H,86,87,88)(H,89,90,91)(H,92,93,94)(H,95,96,97)/b10-9+,12-11+,65-63?,66-64?,69-67?,70-68?,72-71?. The zero-order valence-corrected chi connectivity index (χ0v) is 55.9. The Kier molecular flexibility index (Phi) is 20.4. The summed E-state index contributed by atoms with van der Waals surface area (Å²) in [6, 6.07) is 31.2. The van der Waals surface area contributed by atoms with Gasteiger partial charge >= 0.3 is 11.9 Å². The monoisotopic (exact) mass is 1520 g/mol. The highest BCUT2D eigenvalue weighted by atomic mass is 32.2. The quantitative estimate of drug-likeness (QED) is 0.00990. The lowest BCUT2D eigenvalue weighted by atomic mass is 10.1. The number of azo groups is 5. The minimum absolute atomic E-state index is 0.0139. The number of hydrogen-bond acceptors (Lipinski definition) is 26. The zero-order chi connectivity index (χ0) is 74.9. The summed E-state index contributed by atoms with van der Waals surface area (Å²) in [7, 11) is -31.0. The van der Waals surface area contributed by atoms with E-state index < -0.39 is 142 Å². The van der Waals surface area contributed by atoms with Gasteiger partial charge in [-0.25, -0.2) is 9.59 Å². The van der Waals surface area contributed by atoms with Gasteiger partial charge in [0.25, 0.3) is 60.7 Å². The van der Waals surface area contributed by atoms with Crippen LogP contribution in [0.25, 0.3) is 45.8 Å². The van der Waals surface area contributed by atoms with E-state index in [1.807, 2.05) is 0 Å². The van der Waals surface area contributed by atoms with Gasteiger partial charge in [-0.2, -0.15) is 71.0 Å². The molecule has 526 valence electrons. The Morgan fingerprint density at radius 2 is 0.641 bits per heavy atom. The molecule has 0 radical (unpaired) electrons. The molecule has 0 atom stereocenters. The van der Waals surface area contributed by atoms with E-state index in [1.165, 1.54) is 97.1 Å². The Morgan fingerprint density at radius 3 is 0.990 bits per heavy atom. The lowest BCUT2D eigenvalue weighted by molar-refractivity contribution is -0.435. The van der Waals surface area contributed by atoms with E-state index in [9.17, 15) is 113 Å². The summed E-state index contributed by atoms with van der Waals surface area (Å²) in [4.78, 5) is 17.8. The van der Waals surface area contributed by atoms with Crippen LogP contribution in [0, 0.1) is 5.21 Å². The second-order valence-corrected chi connectivity index (χ2v) is 29.5. The van der Waals surface area contributed by atoms with Crippen molar-refractivity contribution >= 4 is 175 Å². The van der Waals surface area contributed by atoms with Gasteiger partial charge < -0.3 is 25.6 Å². The van der Waals surface area contributed by atoms with Crippen LogP contribution in [0.5, 0.6) is 11.5 Å². The molecule has 0 bridgehead atoms. The van der Waals surface area contributed by atoms with Crippen LogP contribution in [-0.2, 0) is 60.7 Å². The summed E-state index contributed by atoms with van der Waals surface area (Å²) in [6.07, 6.45) is 3.91. The Balaban J connectivity index is 0.881. The molecule has 103 heavy (non-hydrogen) atoms. The Morgan fingerprint density at radius 1 is 0.340 bits per heavy atom. The second kappa shape index (κ2) is 28.6. The predicted molar refractivity (Wildman–Crippen MR) is 363 cm³/mol. The molecule has 41 heteroatoms. The number of carbonyl (C=O) groups is 2. The molecule has 10 aromatic rings. The second-order valence-electron chi connectivity index (χ2n) is 21.2. The molecule has 0 aliphatic carbocycles. The van der Waals surface area contributed by atoms with Crippen LogP contribution >= 0.6 is 0 Å². The molecule has 0 saturated heterocycles. The van der Waals surface area contributed by atoms with Gasteiger partial charge in [-0.3, -0.25) is 27.3 Å². The minimum Gasteiger partial charge on any atom is -0.594 e. The van der Waals surface area contributed by atoms with E-state index in [0.29, 0.717) is 12.1 Å². The number of hydrogen-bond donors (Lipinski definition) is 10. The first-order chi connectivity index (χ1) is 48.2. The molecule has 35 nitrogen and oxygen atoms in total. The van der Waals surface area contributed by atoms with Crippen LogP contribution in [0.15, 0.2) is 245 Å². The average Bonchev–Trinajstić information content (AvgIpc) is 0.772. The maximum atomic E-state index is 13.5. The largest absolute Gasteiger partial charge is 0.594 e. The molecule has 10 rings (SSSR count). The molecule has 10 aromatic carbocycles. The summed E-state index contributed by atoms with van der Waals surface area (Å²) < 4.78 is 212. The summed E-state index contributed by atoms with van der Waals surface area (Å²) >= 11 is 0. The fourth-order valence-corrected chi connectivity index (χ4v) is 13.8. The topological polar surface area (TPSA) is 579 Å². The van der Waals surface area contributed by atoms with Crippen molar-refractivity contribution in [3.63, 3.8) is 0 Å². The fourth-order valence-electron chi connectivity index (χ4n) is 9.65. The van der Waals surface area contributed by atoms with Crippen LogP contribution in [0.2, 0.25) is 0 Å². The number of carboxylic acids is 2. The number of nitrogens with zero attached hydrogens (tertiary/aromatic N) is 10. The van der Waals surface area contributed by atoms with E-state index in [1.54, 1.807) is 0 Å². The predicted octanol–water partition coefficient (Wildman–Crippen LogP) is 14.2. The van der Waals surface area contributed by atoms with Crippen LogP contribution < -0.4 is 0 Å². The first-order valence-electron chi connectivity index (χ1n) is 28.1. The van der Waals surface area contributed by atoms with Crippen LogP contribution in [0.4, 0.5) is 56.9 Å². The number of aromatic carboxylic acids is 2. The maximum Gasteiger partial charge on any atom is 0.337 e. The van der Waals surface area contributed by atoms with Gasteiger partial charge in [0.1, 0.15) is 57.8 Å². The van der Waals surface area contributed by atoms with E-state index >= 15 is 0 Å². The number of fused-ring (bicyclic) bond motifs is 2. The highest BCUT2D eigenvalue weighted by molar-refractivity contribution is 7.87. The Labute approximate surface area is 579 Å². The third-order valence-electron chi connectivity index (χ3n) is 14.4. The summed E-state index contributed by atoms with van der Waals surface area (Å²) in [6.45, 7) is 0. The van der Waals surface area contributed by atoms with Gasteiger partial charge in [0.15, 0.2) is 11.5 Å². The Bertz CT molecular complexity index is 6250. The van der Waals surface area contributed by atoms with Gasteiger partial charge in [0.05, 0.1) is 33.9 Å². The fraction of sp³-hybridized carbons (Fsp3) is 0. The molecule has 0 aliphatic heterocycles. The van der Waals surface area contributed by atoms with Crippen molar-refractivity contribution in [2.24, 2.45) is 46.0 Å². The molecule has 0 heterocycles. The van der Waals surface area contributed by atoms with E-state index in [0.717, 1.165) is 85.0 Å². The summed E-state index contributed by atoms with van der Waals surface area (Å²) in [5, 5.41) is 89.5. The van der Waals surface area contributed by atoms with Crippen molar-refractivity contribution in [1.29, 1.82) is 0 Å². The highest BCUT2D eigenvalue weighted by Crippen LogP contribution is 2.45. The van der Waals surface area contributed by atoms with Crippen molar-refractivity contribution < 1.29 is 113 Å². The number of phenolic OH excluding ortho intramolecular Hbond substituents is 2. The molecule has 0 spiro atoms. The van der Waals surface area contributed by atoms with E-state index in [-0.39, 0.29) is 88.3 Å². The number of benzene rings is 10. The lowest BCUT2D eigenvalue weighted by Crippen LogP contribution is -2.03. The van der Waals surface area contributed by atoms with E-state index in [4.69, 9.17) is 0 Å². The first-order valence-corrected chi connectivity index (χ1v) is 36.7. The number of aromatic hydroxyl groups is 2. The minimum atomic E-state index is -5.27.